The van der Waals surface area contributed by atoms with Crippen molar-refractivity contribution in [1.29, 1.82) is 0 Å². The monoisotopic (exact) mass is 224 g/mol. The van der Waals surface area contributed by atoms with Gasteiger partial charge in [0.1, 0.15) is 5.76 Å². The molecule has 0 saturated heterocycles. The normalized spacial score (nSPS) is 12.8. The number of hydrogen-bond acceptors (Lipinski definition) is 3. The zero-order chi connectivity index (χ0) is 12.0. The van der Waals surface area contributed by atoms with Gasteiger partial charge in [0.05, 0.1) is 18.7 Å². The highest BCUT2D eigenvalue weighted by Gasteiger charge is 2.17. The quantitative estimate of drug-likeness (QED) is 0.769. The molecule has 4 nitrogen and oxygen atoms in total. The van der Waals surface area contributed by atoms with Crippen molar-refractivity contribution in [3.05, 3.63) is 24.2 Å². The van der Waals surface area contributed by atoms with E-state index < -0.39 is 0 Å². The van der Waals surface area contributed by atoms with Gasteiger partial charge in [0.15, 0.2) is 0 Å². The van der Waals surface area contributed by atoms with E-state index in [0.717, 1.165) is 12.2 Å². The second-order valence-electron chi connectivity index (χ2n) is 4.36. The number of carbonyl (C=O) groups is 1. The van der Waals surface area contributed by atoms with Gasteiger partial charge in [-0.2, -0.15) is 0 Å². The molecule has 1 amide bonds. The molecule has 0 saturated carbocycles. The zero-order valence-corrected chi connectivity index (χ0v) is 9.90. The van der Waals surface area contributed by atoms with E-state index in [1.165, 1.54) is 0 Å². The lowest BCUT2D eigenvalue weighted by Crippen LogP contribution is -2.35. The number of carbonyl (C=O) groups excluding carboxylic acids is 1. The van der Waals surface area contributed by atoms with E-state index in [1.54, 1.807) is 12.3 Å². The highest BCUT2D eigenvalue weighted by Crippen LogP contribution is 2.11. The highest BCUT2D eigenvalue weighted by atomic mass is 16.3. The average Bonchev–Trinajstić information content (AvgIpc) is 2.75. The van der Waals surface area contributed by atoms with Gasteiger partial charge >= 0.3 is 0 Å². The fourth-order valence-corrected chi connectivity index (χ4v) is 1.61. The summed E-state index contributed by atoms with van der Waals surface area (Å²) in [7, 11) is 0. The number of rotatable bonds is 6. The predicted octanol–water partition coefficient (Wildman–Crippen LogP) is 1.52. The maximum Gasteiger partial charge on any atom is 0.224 e. The molecule has 0 radical (unpaired) electrons. The van der Waals surface area contributed by atoms with Crippen molar-refractivity contribution in [2.24, 2.45) is 17.6 Å². The molecule has 4 heteroatoms. The molecular weight excluding hydrogens is 204 g/mol. The molecule has 1 atom stereocenters. The van der Waals surface area contributed by atoms with Crippen LogP contribution in [0.15, 0.2) is 22.8 Å². The van der Waals surface area contributed by atoms with Gasteiger partial charge in [0, 0.05) is 6.54 Å². The van der Waals surface area contributed by atoms with E-state index in [2.05, 4.69) is 19.2 Å². The van der Waals surface area contributed by atoms with Crippen LogP contribution in [0.2, 0.25) is 0 Å². The standard InChI is InChI=1S/C12H20N2O2/c1-9(2)6-10(7-13)12(15)14-8-11-4-3-5-16-11/h3-5,9-10H,6-8,13H2,1-2H3,(H,14,15). The van der Waals surface area contributed by atoms with Gasteiger partial charge in [-0.05, 0) is 24.5 Å². The van der Waals surface area contributed by atoms with Crippen molar-refractivity contribution in [3.8, 4) is 0 Å². The van der Waals surface area contributed by atoms with E-state index >= 15 is 0 Å². The summed E-state index contributed by atoms with van der Waals surface area (Å²) in [4.78, 5) is 11.8. The summed E-state index contributed by atoms with van der Waals surface area (Å²) in [5.41, 5.74) is 5.59. The van der Waals surface area contributed by atoms with Gasteiger partial charge in [-0.1, -0.05) is 13.8 Å². The number of furan rings is 1. The smallest absolute Gasteiger partial charge is 0.224 e. The van der Waals surface area contributed by atoms with Gasteiger partial charge in [-0.15, -0.1) is 0 Å². The van der Waals surface area contributed by atoms with Gasteiger partial charge in [-0.3, -0.25) is 4.79 Å². The molecule has 3 N–H and O–H groups in total. The fourth-order valence-electron chi connectivity index (χ4n) is 1.61. The summed E-state index contributed by atoms with van der Waals surface area (Å²) in [5.74, 6) is 1.14. The first kappa shape index (κ1) is 12.8. The topological polar surface area (TPSA) is 68.3 Å². The van der Waals surface area contributed by atoms with E-state index in [4.69, 9.17) is 10.2 Å². The molecule has 0 fully saturated rings. The van der Waals surface area contributed by atoms with Crippen LogP contribution < -0.4 is 11.1 Å². The number of nitrogens with two attached hydrogens (primary N) is 1. The van der Waals surface area contributed by atoms with Crippen LogP contribution in [0.3, 0.4) is 0 Å². The Morgan fingerprint density at radius 3 is 2.81 bits per heavy atom. The van der Waals surface area contributed by atoms with E-state index in [0.29, 0.717) is 19.0 Å². The molecule has 0 aromatic carbocycles. The Balaban J connectivity index is 2.37. The van der Waals surface area contributed by atoms with Gasteiger partial charge < -0.3 is 15.5 Å². The Morgan fingerprint density at radius 2 is 2.31 bits per heavy atom. The van der Waals surface area contributed by atoms with Crippen LogP contribution in [0.5, 0.6) is 0 Å². The molecule has 16 heavy (non-hydrogen) atoms. The third-order valence-corrected chi connectivity index (χ3v) is 2.43. The molecule has 1 aromatic rings. The minimum Gasteiger partial charge on any atom is -0.467 e. The lowest BCUT2D eigenvalue weighted by Gasteiger charge is -2.16. The summed E-state index contributed by atoms with van der Waals surface area (Å²) >= 11 is 0. The maximum absolute atomic E-state index is 11.8. The molecule has 1 aromatic heterocycles. The molecular formula is C12H20N2O2. The SMILES string of the molecule is CC(C)CC(CN)C(=O)NCc1ccco1. The lowest BCUT2D eigenvalue weighted by atomic mass is 9.96. The molecule has 0 aliphatic rings. The molecule has 0 spiro atoms. The predicted molar refractivity (Wildman–Crippen MR) is 62.6 cm³/mol. The van der Waals surface area contributed by atoms with Crippen molar-refractivity contribution in [3.63, 3.8) is 0 Å². The molecule has 90 valence electrons. The van der Waals surface area contributed by atoms with Crippen molar-refractivity contribution < 1.29 is 9.21 Å². The summed E-state index contributed by atoms with van der Waals surface area (Å²) < 4.78 is 5.13. The third-order valence-electron chi connectivity index (χ3n) is 2.43. The average molecular weight is 224 g/mol. The molecule has 0 aliphatic heterocycles. The fraction of sp³-hybridized carbons (Fsp3) is 0.583. The van der Waals surface area contributed by atoms with E-state index in [-0.39, 0.29) is 11.8 Å². The molecule has 1 rings (SSSR count). The first-order valence-electron chi connectivity index (χ1n) is 5.63. The highest BCUT2D eigenvalue weighted by molar-refractivity contribution is 5.78. The first-order valence-corrected chi connectivity index (χ1v) is 5.63. The summed E-state index contributed by atoms with van der Waals surface area (Å²) in [6, 6.07) is 3.64. The Kier molecular flexibility index (Phi) is 5.05. The van der Waals surface area contributed by atoms with Crippen molar-refractivity contribution in [2.75, 3.05) is 6.54 Å². The Morgan fingerprint density at radius 1 is 1.56 bits per heavy atom. The molecule has 1 heterocycles. The van der Waals surface area contributed by atoms with Gasteiger partial charge in [0.2, 0.25) is 5.91 Å². The van der Waals surface area contributed by atoms with Crippen LogP contribution in [-0.2, 0) is 11.3 Å². The number of nitrogens with one attached hydrogen (secondary N) is 1. The number of hydrogen-bond donors (Lipinski definition) is 2. The second kappa shape index (κ2) is 6.33. The molecule has 1 unspecified atom stereocenters. The van der Waals surface area contributed by atoms with Crippen LogP contribution in [0.4, 0.5) is 0 Å². The molecule has 0 bridgehead atoms. The van der Waals surface area contributed by atoms with Crippen LogP contribution in [0, 0.1) is 11.8 Å². The summed E-state index contributed by atoms with van der Waals surface area (Å²) in [5, 5.41) is 2.83. The minimum atomic E-state index is -0.102. The Labute approximate surface area is 96.2 Å². The van der Waals surface area contributed by atoms with E-state index in [9.17, 15) is 4.79 Å². The maximum atomic E-state index is 11.8. The van der Waals surface area contributed by atoms with Crippen LogP contribution in [0.1, 0.15) is 26.0 Å². The van der Waals surface area contributed by atoms with E-state index in [1.807, 2.05) is 6.07 Å². The van der Waals surface area contributed by atoms with Crippen molar-refractivity contribution >= 4 is 5.91 Å². The van der Waals surface area contributed by atoms with Crippen molar-refractivity contribution in [2.45, 2.75) is 26.8 Å². The summed E-state index contributed by atoms with van der Waals surface area (Å²) in [6.45, 7) is 4.99. The van der Waals surface area contributed by atoms with Gasteiger partial charge in [-0.25, -0.2) is 0 Å². The Hall–Kier alpha value is -1.29. The zero-order valence-electron chi connectivity index (χ0n) is 9.90. The van der Waals surface area contributed by atoms with Gasteiger partial charge in [0.25, 0.3) is 0 Å². The largest absolute Gasteiger partial charge is 0.467 e. The third kappa shape index (κ3) is 4.06. The van der Waals surface area contributed by atoms with Crippen molar-refractivity contribution in [1.82, 2.24) is 5.32 Å². The molecule has 0 aliphatic carbocycles. The Bertz CT molecular complexity index is 307. The number of amides is 1. The second-order valence-corrected chi connectivity index (χ2v) is 4.36. The first-order chi connectivity index (χ1) is 7.63. The lowest BCUT2D eigenvalue weighted by molar-refractivity contribution is -0.125. The minimum absolute atomic E-state index is 0.00704. The van der Waals surface area contributed by atoms with Crippen LogP contribution in [-0.4, -0.2) is 12.5 Å². The van der Waals surface area contributed by atoms with Crippen LogP contribution in [0.25, 0.3) is 0 Å². The summed E-state index contributed by atoms with van der Waals surface area (Å²) in [6.07, 6.45) is 2.41. The van der Waals surface area contributed by atoms with Crippen LogP contribution >= 0.6 is 0 Å².